The molecule has 0 atom stereocenters. The number of halogens is 2. The van der Waals surface area contributed by atoms with Crippen LogP contribution in [0.3, 0.4) is 0 Å². The second-order valence-electron chi connectivity index (χ2n) is 5.07. The Morgan fingerprint density at radius 3 is 2.54 bits per heavy atom. The van der Waals surface area contributed by atoms with E-state index in [1.54, 1.807) is 29.2 Å². The summed E-state index contributed by atoms with van der Waals surface area (Å²) in [4.78, 5) is 30.1. The molecule has 0 radical (unpaired) electrons. The molecular formula is C17H12Cl2N2O3. The third kappa shape index (κ3) is 3.27. The number of benzene rings is 2. The van der Waals surface area contributed by atoms with Crippen LogP contribution < -0.4 is 4.90 Å². The molecular weight excluding hydrogens is 351 g/mol. The summed E-state index contributed by atoms with van der Waals surface area (Å²) in [5, 5.41) is 4.32. The fourth-order valence-electron chi connectivity index (χ4n) is 2.40. The van der Waals surface area contributed by atoms with Crippen LogP contribution in [-0.4, -0.2) is 23.5 Å². The van der Waals surface area contributed by atoms with Gasteiger partial charge in [0.1, 0.15) is 5.88 Å². The van der Waals surface area contributed by atoms with Crippen LogP contribution in [0.1, 0.15) is 11.1 Å². The summed E-state index contributed by atoms with van der Waals surface area (Å²) in [5.74, 6) is -1.39. The van der Waals surface area contributed by atoms with Gasteiger partial charge in [0.2, 0.25) is 0 Å². The van der Waals surface area contributed by atoms with E-state index in [9.17, 15) is 9.59 Å². The van der Waals surface area contributed by atoms with Crippen LogP contribution in [0, 0.1) is 0 Å². The monoisotopic (exact) mass is 362 g/mol. The topological polar surface area (TPSA) is 59.0 Å². The first-order valence-electron chi connectivity index (χ1n) is 7.09. The quantitative estimate of drug-likeness (QED) is 0.475. The van der Waals surface area contributed by atoms with Crippen molar-refractivity contribution in [1.82, 2.24) is 0 Å². The van der Waals surface area contributed by atoms with Crippen LogP contribution in [0.15, 0.2) is 53.7 Å². The van der Waals surface area contributed by atoms with Crippen molar-refractivity contribution in [3.63, 3.8) is 0 Å². The second-order valence-corrected chi connectivity index (χ2v) is 5.78. The lowest BCUT2D eigenvalue weighted by atomic mass is 10.1. The summed E-state index contributed by atoms with van der Waals surface area (Å²) in [7, 11) is 0. The van der Waals surface area contributed by atoms with Crippen LogP contribution in [0.4, 0.5) is 5.69 Å². The lowest BCUT2D eigenvalue weighted by Crippen LogP contribution is -2.29. The van der Waals surface area contributed by atoms with Gasteiger partial charge in [-0.05, 0) is 23.8 Å². The van der Waals surface area contributed by atoms with Crippen LogP contribution in [0.5, 0.6) is 0 Å². The molecule has 0 spiro atoms. The molecule has 0 fully saturated rings. The highest BCUT2D eigenvalue weighted by Crippen LogP contribution is 2.30. The Kier molecular flexibility index (Phi) is 4.83. The highest BCUT2D eigenvalue weighted by molar-refractivity contribution is 6.54. The number of hydrogen-bond donors (Lipinski definition) is 0. The Morgan fingerprint density at radius 1 is 1.12 bits per heavy atom. The van der Waals surface area contributed by atoms with E-state index in [2.05, 4.69) is 9.99 Å². The first-order valence-corrected chi connectivity index (χ1v) is 8.01. The minimum Gasteiger partial charge on any atom is -0.316 e. The SMILES string of the molecule is O=C(CCl)O/N=C1\C(=O)N(Cc2ccc(Cl)cc2)c2ccccc21. The lowest BCUT2D eigenvalue weighted by Gasteiger charge is -2.16. The Morgan fingerprint density at radius 2 is 1.83 bits per heavy atom. The minimum atomic E-state index is -0.717. The number of rotatable bonds is 4. The molecule has 0 aromatic heterocycles. The summed E-state index contributed by atoms with van der Waals surface area (Å²) in [6, 6.07) is 14.4. The summed E-state index contributed by atoms with van der Waals surface area (Å²) >= 11 is 11.3. The Labute approximate surface area is 148 Å². The summed E-state index contributed by atoms with van der Waals surface area (Å²) in [6.07, 6.45) is 0. The van der Waals surface area contributed by atoms with E-state index < -0.39 is 5.97 Å². The Hall–Kier alpha value is -2.37. The zero-order chi connectivity index (χ0) is 17.1. The minimum absolute atomic E-state index is 0.0815. The number of carbonyl (C=O) groups excluding carboxylic acids is 2. The van der Waals surface area contributed by atoms with Gasteiger partial charge in [-0.15, -0.1) is 11.6 Å². The highest BCUT2D eigenvalue weighted by atomic mass is 35.5. The van der Waals surface area contributed by atoms with Gasteiger partial charge in [0, 0.05) is 10.6 Å². The molecule has 0 aliphatic carbocycles. The van der Waals surface area contributed by atoms with E-state index in [4.69, 9.17) is 23.2 Å². The summed E-state index contributed by atoms with van der Waals surface area (Å²) in [5.41, 5.74) is 2.32. The van der Waals surface area contributed by atoms with Crippen molar-refractivity contribution in [2.75, 3.05) is 10.8 Å². The molecule has 5 nitrogen and oxygen atoms in total. The average Bonchev–Trinajstić information content (AvgIpc) is 2.86. The molecule has 2 aromatic rings. The van der Waals surface area contributed by atoms with Crippen LogP contribution in [0.25, 0.3) is 0 Å². The van der Waals surface area contributed by atoms with Crippen molar-refractivity contribution in [2.24, 2.45) is 5.16 Å². The van der Waals surface area contributed by atoms with E-state index in [1.807, 2.05) is 24.3 Å². The van der Waals surface area contributed by atoms with E-state index in [0.717, 1.165) is 5.56 Å². The van der Waals surface area contributed by atoms with Gasteiger partial charge in [-0.1, -0.05) is 47.1 Å². The lowest BCUT2D eigenvalue weighted by molar-refractivity contribution is -0.140. The molecule has 1 amide bonds. The number of oxime groups is 1. The van der Waals surface area contributed by atoms with Gasteiger partial charge >= 0.3 is 5.97 Å². The Bertz CT molecular complexity index is 819. The van der Waals surface area contributed by atoms with Crippen molar-refractivity contribution in [3.8, 4) is 0 Å². The maximum atomic E-state index is 12.7. The van der Waals surface area contributed by atoms with Gasteiger partial charge in [-0.25, -0.2) is 4.79 Å². The number of carbonyl (C=O) groups is 2. The summed E-state index contributed by atoms with van der Waals surface area (Å²) in [6.45, 7) is 0.357. The number of hydrogen-bond acceptors (Lipinski definition) is 4. The number of anilines is 1. The molecule has 0 unspecified atom stereocenters. The predicted molar refractivity (Wildman–Crippen MR) is 92.4 cm³/mol. The van der Waals surface area contributed by atoms with Crippen molar-refractivity contribution in [1.29, 1.82) is 0 Å². The molecule has 1 aliphatic heterocycles. The standard InChI is InChI=1S/C17H12Cl2N2O3/c18-9-15(22)24-20-16-13-3-1-2-4-14(13)21(17(16)23)10-11-5-7-12(19)8-6-11/h1-8H,9-10H2/b20-16-. The maximum absolute atomic E-state index is 12.7. The predicted octanol–water partition coefficient (Wildman–Crippen LogP) is 3.37. The first kappa shape index (κ1) is 16.5. The van der Waals surface area contributed by atoms with E-state index in [-0.39, 0.29) is 17.5 Å². The van der Waals surface area contributed by atoms with Gasteiger partial charge in [0.25, 0.3) is 5.91 Å². The van der Waals surface area contributed by atoms with E-state index in [1.165, 1.54) is 0 Å². The Balaban J connectivity index is 1.92. The van der Waals surface area contributed by atoms with E-state index >= 15 is 0 Å². The molecule has 7 heteroatoms. The summed E-state index contributed by atoms with van der Waals surface area (Å²) < 4.78 is 0. The molecule has 0 bridgehead atoms. The second kappa shape index (κ2) is 7.03. The van der Waals surface area contributed by atoms with Gasteiger partial charge in [0.05, 0.1) is 12.2 Å². The number of amides is 1. The molecule has 0 saturated carbocycles. The third-order valence-corrected chi connectivity index (χ3v) is 3.97. The number of fused-ring (bicyclic) bond motifs is 1. The molecule has 122 valence electrons. The van der Waals surface area contributed by atoms with Crippen molar-refractivity contribution < 1.29 is 14.4 Å². The molecule has 0 N–H and O–H groups in total. The largest absolute Gasteiger partial charge is 0.349 e. The van der Waals surface area contributed by atoms with Crippen molar-refractivity contribution in [2.45, 2.75) is 6.54 Å². The van der Waals surface area contributed by atoms with Gasteiger partial charge in [0.15, 0.2) is 5.71 Å². The van der Waals surface area contributed by atoms with Gasteiger partial charge in [-0.2, -0.15) is 0 Å². The van der Waals surface area contributed by atoms with Crippen molar-refractivity contribution in [3.05, 3.63) is 64.7 Å². The number of alkyl halides is 1. The zero-order valence-corrected chi connectivity index (χ0v) is 13.9. The van der Waals surface area contributed by atoms with Crippen LogP contribution in [-0.2, 0) is 21.0 Å². The zero-order valence-electron chi connectivity index (χ0n) is 12.4. The molecule has 0 saturated heterocycles. The molecule has 1 aliphatic rings. The van der Waals surface area contributed by atoms with Gasteiger partial charge in [-0.3, -0.25) is 4.79 Å². The molecule has 1 heterocycles. The highest BCUT2D eigenvalue weighted by Gasteiger charge is 2.34. The number of para-hydroxylation sites is 1. The third-order valence-electron chi connectivity index (χ3n) is 3.50. The van der Waals surface area contributed by atoms with Gasteiger partial charge < -0.3 is 9.74 Å². The van der Waals surface area contributed by atoms with E-state index in [0.29, 0.717) is 22.8 Å². The fraction of sp³-hybridized carbons (Fsp3) is 0.118. The van der Waals surface area contributed by atoms with Crippen LogP contribution in [0.2, 0.25) is 5.02 Å². The molecule has 24 heavy (non-hydrogen) atoms. The number of nitrogens with zero attached hydrogens (tertiary/aromatic N) is 2. The molecule has 2 aromatic carbocycles. The van der Waals surface area contributed by atoms with Crippen LogP contribution >= 0.6 is 23.2 Å². The normalized spacial score (nSPS) is 14.8. The fourth-order valence-corrected chi connectivity index (χ4v) is 2.58. The smallest absolute Gasteiger partial charge is 0.316 e. The average molecular weight is 363 g/mol. The van der Waals surface area contributed by atoms with Crippen molar-refractivity contribution >= 4 is 46.5 Å². The molecule has 3 rings (SSSR count). The first-order chi connectivity index (χ1) is 11.6. The maximum Gasteiger partial charge on any atom is 0.349 e.